The Bertz CT molecular complexity index is 306. The normalized spacial score (nSPS) is 13.4. The van der Waals surface area contributed by atoms with Crippen molar-refractivity contribution in [3.63, 3.8) is 0 Å². The van der Waals surface area contributed by atoms with Crippen LogP contribution in [-0.4, -0.2) is 37.4 Å². The molecule has 3 nitrogen and oxygen atoms in total. The molecule has 0 rings (SSSR count). The van der Waals surface area contributed by atoms with Crippen LogP contribution >= 0.6 is 24.0 Å². The molecule has 0 amide bonds. The minimum atomic E-state index is -1.53. The predicted octanol–water partition coefficient (Wildman–Crippen LogP) is 3.88. The van der Waals surface area contributed by atoms with Crippen molar-refractivity contribution in [1.29, 1.82) is 0 Å². The molecule has 0 aliphatic heterocycles. The van der Waals surface area contributed by atoms with Crippen LogP contribution in [0.4, 0.5) is 0 Å². The molecule has 1 atom stereocenters. The topological polar surface area (TPSA) is 35.5 Å². The highest BCUT2D eigenvalue weighted by molar-refractivity contribution is 8.23. The number of thioether (sulfide) groups is 1. The van der Waals surface area contributed by atoms with Gasteiger partial charge in [-0.15, -0.1) is 11.8 Å². The van der Waals surface area contributed by atoms with Gasteiger partial charge in [-0.25, -0.2) is 0 Å². The number of rotatable bonds is 8. The lowest BCUT2D eigenvalue weighted by Gasteiger charge is -2.19. The Labute approximate surface area is 127 Å². The summed E-state index contributed by atoms with van der Waals surface area (Å²) < 4.78 is 11.6. The van der Waals surface area contributed by atoms with E-state index in [0.717, 1.165) is 16.7 Å². The lowest BCUT2D eigenvalue weighted by atomic mass is 10.3. The van der Waals surface area contributed by atoms with E-state index in [9.17, 15) is 4.79 Å². The van der Waals surface area contributed by atoms with Crippen molar-refractivity contribution in [2.24, 2.45) is 5.92 Å². The van der Waals surface area contributed by atoms with E-state index >= 15 is 0 Å². The Morgan fingerprint density at radius 2 is 1.89 bits per heavy atom. The third-order valence-corrected chi connectivity index (χ3v) is 7.49. The fourth-order valence-corrected chi connectivity index (χ4v) is 3.67. The molecule has 0 fully saturated rings. The summed E-state index contributed by atoms with van der Waals surface area (Å²) in [6.07, 6.45) is 0.866. The molecule has 6 heteroatoms. The molecule has 19 heavy (non-hydrogen) atoms. The second kappa shape index (κ2) is 9.10. The molecule has 0 bridgehead atoms. The van der Waals surface area contributed by atoms with Crippen molar-refractivity contribution >= 4 is 42.5 Å². The quantitative estimate of drug-likeness (QED) is 0.293. The largest absolute Gasteiger partial charge is 0.465 e. The molecule has 1 unspecified atom stereocenters. The summed E-state index contributed by atoms with van der Waals surface area (Å²) in [5.41, 5.74) is 0. The highest BCUT2D eigenvalue weighted by Gasteiger charge is 2.21. The number of hydrogen-bond acceptors (Lipinski definition) is 5. The minimum absolute atomic E-state index is 0.176. The Hall–Kier alpha value is 0.0869. The smallest absolute Gasteiger partial charge is 0.319 e. The molecule has 112 valence electrons. The third-order valence-electron chi connectivity index (χ3n) is 2.82. The van der Waals surface area contributed by atoms with Gasteiger partial charge in [-0.05, 0) is 38.4 Å². The van der Waals surface area contributed by atoms with E-state index < -0.39 is 8.32 Å². The average Bonchev–Trinajstić information content (AvgIpc) is 2.34. The summed E-state index contributed by atoms with van der Waals surface area (Å²) in [5, 5.41) is -0.220. The molecule has 0 aromatic rings. The summed E-state index contributed by atoms with van der Waals surface area (Å²) >= 11 is 6.64. The molecule has 0 N–H and O–H groups in total. The van der Waals surface area contributed by atoms with E-state index in [1.165, 1.54) is 11.8 Å². The number of carbonyl (C=O) groups is 1. The maximum absolute atomic E-state index is 11.8. The van der Waals surface area contributed by atoms with Gasteiger partial charge >= 0.3 is 5.97 Å². The van der Waals surface area contributed by atoms with E-state index in [2.05, 4.69) is 13.1 Å². The summed E-state index contributed by atoms with van der Waals surface area (Å²) in [4.78, 5) is 11.8. The maximum Gasteiger partial charge on any atom is 0.319 e. The van der Waals surface area contributed by atoms with Gasteiger partial charge in [0.15, 0.2) is 8.32 Å². The van der Waals surface area contributed by atoms with Gasteiger partial charge in [-0.1, -0.05) is 26.1 Å². The van der Waals surface area contributed by atoms with Gasteiger partial charge in [0.25, 0.3) is 0 Å². The fourth-order valence-electron chi connectivity index (χ4n) is 1.25. The lowest BCUT2D eigenvalue weighted by molar-refractivity contribution is -0.142. The van der Waals surface area contributed by atoms with Crippen molar-refractivity contribution in [2.75, 3.05) is 13.7 Å². The zero-order valence-electron chi connectivity index (χ0n) is 12.8. The highest BCUT2D eigenvalue weighted by atomic mass is 32.2. The van der Waals surface area contributed by atoms with Crippen LogP contribution in [0.2, 0.25) is 19.1 Å². The van der Waals surface area contributed by atoms with E-state index in [-0.39, 0.29) is 11.2 Å². The number of ether oxygens (including phenoxy) is 1. The fraction of sp³-hybridized carbons (Fsp3) is 0.846. The first-order valence-corrected chi connectivity index (χ1v) is 11.0. The number of hydrogen-bond donors (Lipinski definition) is 0. The van der Waals surface area contributed by atoms with Gasteiger partial charge in [0.2, 0.25) is 0 Å². The summed E-state index contributed by atoms with van der Waals surface area (Å²) in [6, 6.07) is 1.00. The van der Waals surface area contributed by atoms with Gasteiger partial charge in [0.1, 0.15) is 5.25 Å². The molecule has 0 saturated carbocycles. The molecular formula is C13H26O3S2Si. The second-order valence-electron chi connectivity index (χ2n) is 5.47. The molecule has 0 saturated heterocycles. The SMILES string of the molecule is CO[Si](C)(C)CCCOC(=O)C(C)SC(=S)C(C)C. The van der Waals surface area contributed by atoms with Crippen LogP contribution in [0.15, 0.2) is 0 Å². The average molecular weight is 323 g/mol. The number of carbonyl (C=O) groups excluding carboxylic acids is 1. The highest BCUT2D eigenvalue weighted by Crippen LogP contribution is 2.20. The van der Waals surface area contributed by atoms with Gasteiger partial charge in [-0.3, -0.25) is 4.79 Å². The van der Waals surface area contributed by atoms with Crippen LogP contribution in [0.25, 0.3) is 0 Å². The van der Waals surface area contributed by atoms with Crippen molar-refractivity contribution in [3.8, 4) is 0 Å². The van der Waals surface area contributed by atoms with Gasteiger partial charge in [0.05, 0.1) is 10.8 Å². The minimum Gasteiger partial charge on any atom is -0.465 e. The maximum atomic E-state index is 11.8. The molecule has 0 aromatic carbocycles. The van der Waals surface area contributed by atoms with Gasteiger partial charge in [0, 0.05) is 7.11 Å². The molecular weight excluding hydrogens is 296 g/mol. The Balaban J connectivity index is 3.89. The van der Waals surface area contributed by atoms with Crippen LogP contribution in [0.5, 0.6) is 0 Å². The Kier molecular flexibility index (Phi) is 9.14. The number of thiocarbonyl (C=S) groups is 1. The van der Waals surface area contributed by atoms with Crippen molar-refractivity contribution < 1.29 is 14.0 Å². The van der Waals surface area contributed by atoms with Crippen LogP contribution in [0.3, 0.4) is 0 Å². The van der Waals surface area contributed by atoms with Crippen LogP contribution in [0.1, 0.15) is 27.2 Å². The van der Waals surface area contributed by atoms with Crippen LogP contribution in [0, 0.1) is 5.92 Å². The first-order chi connectivity index (χ1) is 8.69. The first-order valence-electron chi connectivity index (χ1n) is 6.62. The van der Waals surface area contributed by atoms with E-state index in [1.807, 2.05) is 20.8 Å². The summed E-state index contributed by atoms with van der Waals surface area (Å²) in [7, 11) is 0.219. The van der Waals surface area contributed by atoms with Gasteiger partial charge in [-0.2, -0.15) is 0 Å². The molecule has 0 heterocycles. The molecule has 0 aliphatic carbocycles. The Morgan fingerprint density at radius 1 is 1.32 bits per heavy atom. The van der Waals surface area contributed by atoms with Crippen molar-refractivity contribution in [2.45, 2.75) is 51.6 Å². The standard InChI is InChI=1S/C13H26O3S2Si/c1-10(2)13(17)18-11(3)12(14)16-8-7-9-19(5,6)15-4/h10-11H,7-9H2,1-6H3. The predicted molar refractivity (Wildman–Crippen MR) is 89.4 cm³/mol. The molecule has 0 aliphatic rings. The monoisotopic (exact) mass is 322 g/mol. The van der Waals surface area contributed by atoms with Gasteiger partial charge < -0.3 is 9.16 Å². The molecule has 0 radical (unpaired) electrons. The van der Waals surface area contributed by atoms with Crippen LogP contribution < -0.4 is 0 Å². The molecule has 0 aromatic heterocycles. The lowest BCUT2D eigenvalue weighted by Crippen LogP contribution is -2.29. The zero-order valence-corrected chi connectivity index (χ0v) is 15.5. The zero-order chi connectivity index (χ0) is 15.1. The second-order valence-corrected chi connectivity index (χ2v) is 12.0. The van der Waals surface area contributed by atoms with E-state index in [0.29, 0.717) is 12.5 Å². The first kappa shape index (κ1) is 19.1. The number of esters is 1. The Morgan fingerprint density at radius 3 is 2.37 bits per heavy atom. The van der Waals surface area contributed by atoms with Crippen LogP contribution in [-0.2, 0) is 14.0 Å². The van der Waals surface area contributed by atoms with Crippen molar-refractivity contribution in [1.82, 2.24) is 0 Å². The van der Waals surface area contributed by atoms with E-state index in [1.54, 1.807) is 7.11 Å². The van der Waals surface area contributed by atoms with Crippen molar-refractivity contribution in [3.05, 3.63) is 0 Å². The molecule has 0 spiro atoms. The van der Waals surface area contributed by atoms with E-state index in [4.69, 9.17) is 21.4 Å². The summed E-state index contributed by atoms with van der Waals surface area (Å²) in [5.74, 6) is 0.133. The third kappa shape index (κ3) is 8.78. The summed E-state index contributed by atoms with van der Waals surface area (Å²) in [6.45, 7) is 10.7.